The van der Waals surface area contributed by atoms with Crippen molar-refractivity contribution in [3.63, 3.8) is 0 Å². The van der Waals surface area contributed by atoms with Crippen molar-refractivity contribution in [2.45, 2.75) is 38.7 Å². The minimum atomic E-state index is -0.778. The maximum atomic E-state index is 12.5. The standard InChI is InChI=1S/C15H20N2O2/c1-10-8-17(9-15(10,2)19)14(18)12-6-11-4-3-5-13(11)16-7-12/h6-7,10,19H,3-5,8-9H2,1-2H3/t10-,15+/m1/s1. The molecule has 1 amide bonds. The SMILES string of the molecule is C[C@@H]1CN(C(=O)c2cnc3c(c2)CCC3)C[C@]1(C)O. The summed E-state index contributed by atoms with van der Waals surface area (Å²) in [5.74, 6) is 0.102. The van der Waals surface area contributed by atoms with Crippen LogP contribution in [0.5, 0.6) is 0 Å². The Kier molecular flexibility index (Phi) is 2.86. The highest BCUT2D eigenvalue weighted by molar-refractivity contribution is 5.94. The van der Waals surface area contributed by atoms with E-state index in [1.165, 1.54) is 5.56 Å². The number of nitrogens with zero attached hydrogens (tertiary/aromatic N) is 2. The van der Waals surface area contributed by atoms with E-state index in [4.69, 9.17) is 0 Å². The predicted octanol–water partition coefficient (Wildman–Crippen LogP) is 1.41. The number of amides is 1. The van der Waals surface area contributed by atoms with Crippen molar-refractivity contribution < 1.29 is 9.90 Å². The van der Waals surface area contributed by atoms with Crippen molar-refractivity contribution >= 4 is 5.91 Å². The van der Waals surface area contributed by atoms with Crippen LogP contribution in [0.25, 0.3) is 0 Å². The molecule has 1 aromatic heterocycles. The lowest BCUT2D eigenvalue weighted by Crippen LogP contribution is -2.35. The molecule has 102 valence electrons. The van der Waals surface area contributed by atoms with E-state index in [1.807, 2.05) is 13.0 Å². The topological polar surface area (TPSA) is 53.4 Å². The molecule has 0 aromatic carbocycles. The molecule has 0 unspecified atom stereocenters. The second-order valence-corrected chi connectivity index (χ2v) is 6.13. The summed E-state index contributed by atoms with van der Waals surface area (Å²) < 4.78 is 0. The van der Waals surface area contributed by atoms with Crippen LogP contribution in [-0.2, 0) is 12.8 Å². The molecular weight excluding hydrogens is 240 g/mol. The van der Waals surface area contributed by atoms with Crippen molar-refractivity contribution in [3.8, 4) is 0 Å². The molecule has 3 rings (SSSR count). The number of carbonyl (C=O) groups excluding carboxylic acids is 1. The van der Waals surface area contributed by atoms with E-state index in [2.05, 4.69) is 4.98 Å². The molecule has 2 atom stereocenters. The maximum Gasteiger partial charge on any atom is 0.255 e. The predicted molar refractivity (Wildman–Crippen MR) is 72.0 cm³/mol. The Morgan fingerprint density at radius 2 is 2.32 bits per heavy atom. The van der Waals surface area contributed by atoms with Crippen molar-refractivity contribution in [2.24, 2.45) is 5.92 Å². The van der Waals surface area contributed by atoms with Crippen LogP contribution in [-0.4, -0.2) is 39.6 Å². The third-order valence-electron chi connectivity index (χ3n) is 4.52. The van der Waals surface area contributed by atoms with Gasteiger partial charge in [-0.2, -0.15) is 0 Å². The van der Waals surface area contributed by atoms with Crippen LogP contribution in [0.4, 0.5) is 0 Å². The van der Waals surface area contributed by atoms with Crippen LogP contribution in [0.1, 0.15) is 41.9 Å². The van der Waals surface area contributed by atoms with Crippen molar-refractivity contribution in [1.82, 2.24) is 9.88 Å². The second-order valence-electron chi connectivity index (χ2n) is 6.13. The first kappa shape index (κ1) is 12.6. The Morgan fingerprint density at radius 1 is 1.53 bits per heavy atom. The number of rotatable bonds is 1. The van der Waals surface area contributed by atoms with Crippen molar-refractivity contribution in [3.05, 3.63) is 29.1 Å². The smallest absolute Gasteiger partial charge is 0.255 e. The monoisotopic (exact) mass is 260 g/mol. The zero-order valence-corrected chi connectivity index (χ0v) is 11.5. The number of β-amino-alcohol motifs (C(OH)–C–C–N with tert-alkyl or cyclic N) is 1. The zero-order chi connectivity index (χ0) is 13.6. The van der Waals surface area contributed by atoms with E-state index < -0.39 is 5.60 Å². The van der Waals surface area contributed by atoms with Gasteiger partial charge < -0.3 is 10.0 Å². The van der Waals surface area contributed by atoms with Gasteiger partial charge in [-0.1, -0.05) is 6.92 Å². The number of likely N-dealkylation sites (tertiary alicyclic amines) is 1. The van der Waals surface area contributed by atoms with E-state index in [0.717, 1.165) is 25.0 Å². The molecule has 2 aliphatic rings. The zero-order valence-electron chi connectivity index (χ0n) is 11.5. The number of hydrogen-bond acceptors (Lipinski definition) is 3. The maximum absolute atomic E-state index is 12.5. The van der Waals surface area contributed by atoms with E-state index in [0.29, 0.717) is 18.7 Å². The average molecular weight is 260 g/mol. The summed E-state index contributed by atoms with van der Waals surface area (Å²) in [5, 5.41) is 10.2. The lowest BCUT2D eigenvalue weighted by Gasteiger charge is -2.20. The van der Waals surface area contributed by atoms with Gasteiger partial charge in [-0.3, -0.25) is 9.78 Å². The Bertz CT molecular complexity index is 525. The Hall–Kier alpha value is -1.42. The Balaban J connectivity index is 1.82. The quantitative estimate of drug-likeness (QED) is 0.830. The van der Waals surface area contributed by atoms with E-state index >= 15 is 0 Å². The summed E-state index contributed by atoms with van der Waals surface area (Å²) in [5.41, 5.74) is 2.23. The number of aryl methyl sites for hydroxylation is 2. The molecule has 1 aliphatic heterocycles. The van der Waals surface area contributed by atoms with E-state index in [9.17, 15) is 9.90 Å². The molecule has 2 heterocycles. The molecule has 0 saturated carbocycles. The van der Waals surface area contributed by atoms with Gasteiger partial charge in [0, 0.05) is 30.9 Å². The lowest BCUT2D eigenvalue weighted by molar-refractivity contribution is 0.0351. The number of fused-ring (bicyclic) bond motifs is 1. The molecule has 1 fully saturated rings. The first-order valence-electron chi connectivity index (χ1n) is 6.97. The number of aromatic nitrogens is 1. The third-order valence-corrected chi connectivity index (χ3v) is 4.52. The molecule has 0 bridgehead atoms. The fourth-order valence-electron chi connectivity index (χ4n) is 3.01. The van der Waals surface area contributed by atoms with Crippen LogP contribution < -0.4 is 0 Å². The van der Waals surface area contributed by atoms with Gasteiger partial charge in [0.2, 0.25) is 0 Å². The van der Waals surface area contributed by atoms with Gasteiger partial charge in [0.25, 0.3) is 5.91 Å². The van der Waals surface area contributed by atoms with Crippen LogP contribution in [0, 0.1) is 5.92 Å². The molecule has 1 aromatic rings. The first-order valence-corrected chi connectivity index (χ1v) is 6.97. The van der Waals surface area contributed by atoms with Gasteiger partial charge in [-0.05, 0) is 37.8 Å². The van der Waals surface area contributed by atoms with E-state index in [-0.39, 0.29) is 11.8 Å². The molecule has 1 saturated heterocycles. The van der Waals surface area contributed by atoms with Gasteiger partial charge in [0.1, 0.15) is 0 Å². The normalized spacial score (nSPS) is 29.6. The summed E-state index contributed by atoms with van der Waals surface area (Å²) in [6.07, 6.45) is 4.87. The van der Waals surface area contributed by atoms with Crippen LogP contribution in [0.3, 0.4) is 0 Å². The highest BCUT2D eigenvalue weighted by atomic mass is 16.3. The molecule has 1 aliphatic carbocycles. The minimum Gasteiger partial charge on any atom is -0.388 e. The number of carbonyl (C=O) groups is 1. The fraction of sp³-hybridized carbons (Fsp3) is 0.600. The summed E-state index contributed by atoms with van der Waals surface area (Å²) in [6.45, 7) is 4.80. The van der Waals surface area contributed by atoms with Gasteiger partial charge in [-0.15, -0.1) is 0 Å². The highest BCUT2D eigenvalue weighted by Crippen LogP contribution is 2.28. The van der Waals surface area contributed by atoms with Crippen LogP contribution >= 0.6 is 0 Å². The van der Waals surface area contributed by atoms with Crippen molar-refractivity contribution in [1.29, 1.82) is 0 Å². The van der Waals surface area contributed by atoms with Crippen LogP contribution in [0.2, 0.25) is 0 Å². The Labute approximate surface area is 113 Å². The number of pyridine rings is 1. The molecule has 0 spiro atoms. The second kappa shape index (κ2) is 4.30. The molecule has 0 radical (unpaired) electrons. The molecular formula is C15H20N2O2. The van der Waals surface area contributed by atoms with Crippen LogP contribution in [0.15, 0.2) is 12.3 Å². The summed E-state index contributed by atoms with van der Waals surface area (Å²) in [4.78, 5) is 18.6. The lowest BCUT2D eigenvalue weighted by atomic mass is 9.95. The molecule has 1 N–H and O–H groups in total. The number of hydrogen-bond donors (Lipinski definition) is 1. The first-order chi connectivity index (χ1) is 8.97. The summed E-state index contributed by atoms with van der Waals surface area (Å²) >= 11 is 0. The minimum absolute atomic E-state index is 0.00757. The van der Waals surface area contributed by atoms with Crippen molar-refractivity contribution in [2.75, 3.05) is 13.1 Å². The van der Waals surface area contributed by atoms with Gasteiger partial charge in [0.15, 0.2) is 0 Å². The van der Waals surface area contributed by atoms with Gasteiger partial charge in [-0.25, -0.2) is 0 Å². The number of aliphatic hydroxyl groups is 1. The molecule has 4 nitrogen and oxygen atoms in total. The molecule has 19 heavy (non-hydrogen) atoms. The highest BCUT2D eigenvalue weighted by Gasteiger charge is 2.40. The summed E-state index contributed by atoms with van der Waals surface area (Å²) in [7, 11) is 0. The largest absolute Gasteiger partial charge is 0.388 e. The summed E-state index contributed by atoms with van der Waals surface area (Å²) in [6, 6.07) is 1.98. The van der Waals surface area contributed by atoms with E-state index in [1.54, 1.807) is 18.0 Å². The third kappa shape index (κ3) is 2.14. The molecule has 4 heteroatoms. The van der Waals surface area contributed by atoms with Gasteiger partial charge >= 0.3 is 0 Å². The average Bonchev–Trinajstić information content (AvgIpc) is 2.92. The fourth-order valence-corrected chi connectivity index (χ4v) is 3.01. The van der Waals surface area contributed by atoms with Gasteiger partial charge in [0.05, 0.1) is 11.2 Å². The Morgan fingerprint density at radius 3 is 3.00 bits per heavy atom.